The predicted molar refractivity (Wildman–Crippen MR) is 55.0 cm³/mol. The van der Waals surface area contributed by atoms with E-state index in [0.29, 0.717) is 5.92 Å². The summed E-state index contributed by atoms with van der Waals surface area (Å²) in [5.74, 6) is 0.630. The van der Waals surface area contributed by atoms with Gasteiger partial charge in [0.05, 0.1) is 6.61 Å². The molecule has 72 valence electrons. The SMILES string of the molecule is CC1CNCC(c2cccs2)OC1. The Hall–Kier alpha value is -0.380. The minimum Gasteiger partial charge on any atom is -0.371 e. The molecule has 0 saturated carbocycles. The summed E-state index contributed by atoms with van der Waals surface area (Å²) < 4.78 is 5.81. The normalized spacial score (nSPS) is 29.9. The van der Waals surface area contributed by atoms with Crippen LogP contribution >= 0.6 is 11.3 Å². The lowest BCUT2D eigenvalue weighted by molar-refractivity contribution is 0.0538. The molecule has 2 unspecified atom stereocenters. The van der Waals surface area contributed by atoms with Crippen LogP contribution in [0.1, 0.15) is 17.9 Å². The van der Waals surface area contributed by atoms with Crippen LogP contribution in [0, 0.1) is 5.92 Å². The van der Waals surface area contributed by atoms with E-state index < -0.39 is 0 Å². The van der Waals surface area contributed by atoms with Gasteiger partial charge in [-0.2, -0.15) is 0 Å². The van der Waals surface area contributed by atoms with Crippen molar-refractivity contribution in [1.82, 2.24) is 5.32 Å². The molecule has 3 heteroatoms. The zero-order chi connectivity index (χ0) is 9.10. The lowest BCUT2D eigenvalue weighted by Gasteiger charge is -2.12. The number of nitrogens with one attached hydrogen (secondary N) is 1. The molecule has 0 aliphatic carbocycles. The third kappa shape index (κ3) is 2.30. The van der Waals surface area contributed by atoms with Gasteiger partial charge in [-0.1, -0.05) is 13.0 Å². The maximum atomic E-state index is 5.81. The molecule has 13 heavy (non-hydrogen) atoms. The fourth-order valence-electron chi connectivity index (χ4n) is 1.52. The average Bonchev–Trinajstić information content (AvgIpc) is 2.56. The molecule has 1 aromatic heterocycles. The Labute approximate surface area is 82.9 Å². The first-order valence-electron chi connectivity index (χ1n) is 4.72. The van der Waals surface area contributed by atoms with Crippen LogP contribution in [0.25, 0.3) is 0 Å². The minimum atomic E-state index is 0.268. The molecular formula is C10H15NOS. The van der Waals surface area contributed by atoms with E-state index in [1.54, 1.807) is 11.3 Å². The van der Waals surface area contributed by atoms with Crippen molar-refractivity contribution in [3.8, 4) is 0 Å². The van der Waals surface area contributed by atoms with Gasteiger partial charge in [0.1, 0.15) is 6.10 Å². The van der Waals surface area contributed by atoms with Gasteiger partial charge in [-0.15, -0.1) is 11.3 Å². The molecule has 1 fully saturated rings. The van der Waals surface area contributed by atoms with E-state index in [9.17, 15) is 0 Å². The second-order valence-electron chi connectivity index (χ2n) is 3.60. The highest BCUT2D eigenvalue weighted by atomic mass is 32.1. The third-order valence-corrected chi connectivity index (χ3v) is 3.23. The summed E-state index contributed by atoms with van der Waals surface area (Å²) in [7, 11) is 0. The van der Waals surface area contributed by atoms with Crippen LogP contribution in [0.4, 0.5) is 0 Å². The largest absolute Gasteiger partial charge is 0.371 e. The van der Waals surface area contributed by atoms with Crippen molar-refractivity contribution in [3.63, 3.8) is 0 Å². The summed E-state index contributed by atoms with van der Waals surface area (Å²) in [5.41, 5.74) is 0. The summed E-state index contributed by atoms with van der Waals surface area (Å²) in [6.45, 7) is 5.10. The number of hydrogen-bond acceptors (Lipinski definition) is 3. The molecule has 1 aliphatic rings. The van der Waals surface area contributed by atoms with E-state index >= 15 is 0 Å². The van der Waals surface area contributed by atoms with E-state index in [1.165, 1.54) is 4.88 Å². The standard InChI is InChI=1S/C10H15NOS/c1-8-5-11-6-9(12-7-8)10-3-2-4-13-10/h2-4,8-9,11H,5-7H2,1H3. The fraction of sp³-hybridized carbons (Fsp3) is 0.600. The summed E-state index contributed by atoms with van der Waals surface area (Å²) in [6.07, 6.45) is 0.268. The molecular weight excluding hydrogens is 182 g/mol. The molecule has 0 spiro atoms. The highest BCUT2D eigenvalue weighted by Gasteiger charge is 2.17. The molecule has 2 heterocycles. The van der Waals surface area contributed by atoms with Gasteiger partial charge < -0.3 is 10.1 Å². The fourth-order valence-corrected chi connectivity index (χ4v) is 2.29. The molecule has 1 aliphatic heterocycles. The van der Waals surface area contributed by atoms with Crippen LogP contribution in [0.2, 0.25) is 0 Å². The topological polar surface area (TPSA) is 21.3 Å². The second kappa shape index (κ2) is 4.22. The van der Waals surface area contributed by atoms with Crippen LogP contribution in [0.3, 0.4) is 0 Å². The number of thiophene rings is 1. The van der Waals surface area contributed by atoms with Crippen LogP contribution in [-0.4, -0.2) is 19.7 Å². The lowest BCUT2D eigenvalue weighted by atomic mass is 10.2. The molecule has 2 nitrogen and oxygen atoms in total. The lowest BCUT2D eigenvalue weighted by Crippen LogP contribution is -2.22. The van der Waals surface area contributed by atoms with E-state index in [0.717, 1.165) is 19.7 Å². The summed E-state index contributed by atoms with van der Waals surface area (Å²) in [5, 5.41) is 5.52. The van der Waals surface area contributed by atoms with Crippen LogP contribution in [0.5, 0.6) is 0 Å². The summed E-state index contributed by atoms with van der Waals surface area (Å²) in [4.78, 5) is 1.33. The van der Waals surface area contributed by atoms with Crippen molar-refractivity contribution < 1.29 is 4.74 Å². The maximum Gasteiger partial charge on any atom is 0.104 e. The monoisotopic (exact) mass is 197 g/mol. The van der Waals surface area contributed by atoms with Gasteiger partial charge in [-0.05, 0) is 17.4 Å². The Morgan fingerprint density at radius 1 is 1.54 bits per heavy atom. The maximum absolute atomic E-state index is 5.81. The number of rotatable bonds is 1. The van der Waals surface area contributed by atoms with Gasteiger partial charge in [0, 0.05) is 18.0 Å². The molecule has 1 saturated heterocycles. The van der Waals surface area contributed by atoms with Gasteiger partial charge in [0.15, 0.2) is 0 Å². The Morgan fingerprint density at radius 2 is 2.46 bits per heavy atom. The first kappa shape index (κ1) is 9.19. The van der Waals surface area contributed by atoms with Crippen LogP contribution < -0.4 is 5.32 Å². The third-order valence-electron chi connectivity index (χ3n) is 2.26. The smallest absolute Gasteiger partial charge is 0.104 e. The first-order chi connectivity index (χ1) is 6.36. The Balaban J connectivity index is 2.00. The van der Waals surface area contributed by atoms with Crippen LogP contribution in [-0.2, 0) is 4.74 Å². The summed E-state index contributed by atoms with van der Waals surface area (Å²) >= 11 is 1.77. The quantitative estimate of drug-likeness (QED) is 0.744. The molecule has 1 aromatic rings. The minimum absolute atomic E-state index is 0.268. The second-order valence-corrected chi connectivity index (χ2v) is 4.58. The van der Waals surface area contributed by atoms with Gasteiger partial charge in [0.25, 0.3) is 0 Å². The highest BCUT2D eigenvalue weighted by molar-refractivity contribution is 7.10. The van der Waals surface area contributed by atoms with Crippen molar-refractivity contribution in [2.75, 3.05) is 19.7 Å². The van der Waals surface area contributed by atoms with E-state index in [4.69, 9.17) is 4.74 Å². The predicted octanol–water partition coefficient (Wildman–Crippen LogP) is 2.05. The van der Waals surface area contributed by atoms with E-state index in [-0.39, 0.29) is 6.10 Å². The molecule has 1 N–H and O–H groups in total. The van der Waals surface area contributed by atoms with E-state index in [2.05, 4.69) is 29.8 Å². The summed E-state index contributed by atoms with van der Waals surface area (Å²) in [6, 6.07) is 4.23. The van der Waals surface area contributed by atoms with Crippen molar-refractivity contribution in [2.24, 2.45) is 5.92 Å². The van der Waals surface area contributed by atoms with Crippen molar-refractivity contribution >= 4 is 11.3 Å². The molecule has 2 rings (SSSR count). The van der Waals surface area contributed by atoms with Gasteiger partial charge >= 0.3 is 0 Å². The van der Waals surface area contributed by atoms with Crippen molar-refractivity contribution in [2.45, 2.75) is 13.0 Å². The zero-order valence-corrected chi connectivity index (χ0v) is 8.64. The molecule has 0 radical (unpaired) electrons. The van der Waals surface area contributed by atoms with Gasteiger partial charge in [-0.3, -0.25) is 0 Å². The van der Waals surface area contributed by atoms with Gasteiger partial charge in [-0.25, -0.2) is 0 Å². The Morgan fingerprint density at radius 3 is 3.23 bits per heavy atom. The van der Waals surface area contributed by atoms with E-state index in [1.807, 2.05) is 0 Å². The number of ether oxygens (including phenoxy) is 1. The van der Waals surface area contributed by atoms with Crippen molar-refractivity contribution in [3.05, 3.63) is 22.4 Å². The highest BCUT2D eigenvalue weighted by Crippen LogP contribution is 2.23. The number of hydrogen-bond donors (Lipinski definition) is 1. The van der Waals surface area contributed by atoms with Crippen LogP contribution in [0.15, 0.2) is 17.5 Å². The zero-order valence-electron chi connectivity index (χ0n) is 7.82. The molecule has 2 atom stereocenters. The first-order valence-corrected chi connectivity index (χ1v) is 5.60. The Kier molecular flexibility index (Phi) is 2.98. The molecule has 0 bridgehead atoms. The molecule has 0 amide bonds. The molecule has 0 aromatic carbocycles. The van der Waals surface area contributed by atoms with Crippen molar-refractivity contribution in [1.29, 1.82) is 0 Å². The van der Waals surface area contributed by atoms with Gasteiger partial charge in [0.2, 0.25) is 0 Å². The Bertz CT molecular complexity index is 247. The average molecular weight is 197 g/mol.